The largest absolute Gasteiger partial charge is 0.657 e. The normalized spacial score (nSPS) is 20.7. The Balaban J connectivity index is 0.000000201. The van der Waals surface area contributed by atoms with E-state index in [2.05, 4.69) is 162 Å². The molecule has 262 valence electrons. The fourth-order valence-electron chi connectivity index (χ4n) is 6.74. The Kier molecular flexibility index (Phi) is 19.1. The molecule has 0 N–H and O–H groups in total. The molecule has 0 amide bonds. The van der Waals surface area contributed by atoms with Gasteiger partial charge in [0.25, 0.3) is 0 Å². The first kappa shape index (κ1) is 39.0. The standard InChI is InChI=1S/C21H27N2.C20H24N2.2BrH.Ni/c1-23(17-19-12-6-3-7-13-19)21-15-9-8-14-20(21)22-16-18-10-4-2-5-11-18;1-3-9-17(10-4-1)15-21-19-13-7-8-14-20(19)22-16-18-11-5-2-6-12-18;;;/h2-7,10-13,20-21H,8-9,14-17H2,1H3;1-6,9-12,19-20H,7-8,13-16H2;2*1H;/q-1;-2;;;+2/p-2/t20-,21-;19-,20-;;;/m11.../s1. The minimum atomic E-state index is 0.401. The molecule has 2 saturated carbocycles. The summed E-state index contributed by atoms with van der Waals surface area (Å²) in [5.41, 5.74) is 5.31. The van der Waals surface area contributed by atoms with Crippen molar-refractivity contribution in [2.24, 2.45) is 0 Å². The molecule has 2 aliphatic rings. The smallest absolute Gasteiger partial charge is 0.0548 e. The van der Waals surface area contributed by atoms with Gasteiger partial charge in [-0.1, -0.05) is 183 Å². The van der Waals surface area contributed by atoms with Gasteiger partial charge in [0, 0.05) is 6.54 Å². The van der Waals surface area contributed by atoms with E-state index in [1.165, 1.54) is 84.5 Å². The Morgan fingerprint density at radius 2 is 0.812 bits per heavy atom. The molecular weight excluding hydrogens is 767 g/mol. The van der Waals surface area contributed by atoms with E-state index in [1.54, 1.807) is 0 Å². The van der Waals surface area contributed by atoms with Gasteiger partial charge in [-0.3, -0.25) is 0 Å². The van der Waals surface area contributed by atoms with Gasteiger partial charge < -0.3 is 20.9 Å². The summed E-state index contributed by atoms with van der Waals surface area (Å²) in [4.78, 5) is 2.51. The molecule has 0 heterocycles. The summed E-state index contributed by atoms with van der Waals surface area (Å²) in [6.07, 6.45) is 10.1. The second-order valence-corrected chi connectivity index (χ2v) is 17.7. The Labute approximate surface area is 310 Å². The van der Waals surface area contributed by atoms with Gasteiger partial charge in [-0.15, -0.1) is 25.7 Å². The van der Waals surface area contributed by atoms with E-state index in [0.717, 1.165) is 26.2 Å². The number of rotatable bonds is 12. The zero-order chi connectivity index (χ0) is 33.7. The van der Waals surface area contributed by atoms with Crippen LogP contribution in [-0.4, -0.2) is 36.1 Å². The van der Waals surface area contributed by atoms with Crippen molar-refractivity contribution in [1.29, 1.82) is 0 Å². The molecule has 6 rings (SSSR count). The number of benzene rings is 4. The van der Waals surface area contributed by atoms with Gasteiger partial charge in [-0.25, -0.2) is 0 Å². The molecule has 4 nitrogen and oxygen atoms in total. The summed E-state index contributed by atoms with van der Waals surface area (Å²) in [6.45, 7) is 3.51. The summed E-state index contributed by atoms with van der Waals surface area (Å²) >= 11 is 6.00. The van der Waals surface area contributed by atoms with E-state index >= 15 is 0 Å². The molecule has 48 heavy (non-hydrogen) atoms. The van der Waals surface area contributed by atoms with E-state index in [0.29, 0.717) is 24.2 Å². The topological polar surface area (TPSA) is 45.5 Å². The molecule has 4 aromatic carbocycles. The van der Waals surface area contributed by atoms with Crippen LogP contribution in [-0.2, 0) is 37.1 Å². The van der Waals surface area contributed by atoms with Crippen LogP contribution in [0.1, 0.15) is 73.6 Å². The van der Waals surface area contributed by atoms with E-state index in [9.17, 15) is 0 Å². The van der Waals surface area contributed by atoms with Gasteiger partial charge in [-0.2, -0.15) is 12.1 Å². The summed E-state index contributed by atoms with van der Waals surface area (Å²) in [5, 5.41) is 15.0. The van der Waals surface area contributed by atoms with Gasteiger partial charge in [0.15, 0.2) is 0 Å². The number of nitrogens with zero attached hydrogens (tertiary/aromatic N) is 4. The summed E-state index contributed by atoms with van der Waals surface area (Å²) in [5.74, 6) is 0. The van der Waals surface area contributed by atoms with Crippen molar-refractivity contribution in [3.63, 3.8) is 0 Å². The van der Waals surface area contributed by atoms with E-state index < -0.39 is 0 Å². The monoisotopic (exact) mass is 815 g/mol. The molecule has 2 aliphatic carbocycles. The molecule has 0 unspecified atom stereocenters. The first-order chi connectivity index (χ1) is 23.7. The van der Waals surface area contributed by atoms with Crippen LogP contribution in [0.3, 0.4) is 0 Å². The Morgan fingerprint density at radius 1 is 0.500 bits per heavy atom. The van der Waals surface area contributed by atoms with Gasteiger partial charge in [0.05, 0.1) is 0 Å². The molecular formula is C41H51Br2N4Ni-3. The molecule has 0 saturated heterocycles. The van der Waals surface area contributed by atoms with Crippen molar-refractivity contribution in [2.45, 2.75) is 102 Å². The Hall–Kier alpha value is -1.83. The van der Waals surface area contributed by atoms with Crippen molar-refractivity contribution in [1.82, 2.24) is 4.90 Å². The minimum Gasteiger partial charge on any atom is -0.657 e. The fraction of sp³-hybridized carbons (Fsp3) is 0.415. The number of halogens is 2. The van der Waals surface area contributed by atoms with Crippen LogP contribution in [0.2, 0.25) is 0 Å². The quantitative estimate of drug-likeness (QED) is 0.131. The summed E-state index contributed by atoms with van der Waals surface area (Å²) < 4.78 is 0. The van der Waals surface area contributed by atoms with Crippen LogP contribution in [0.5, 0.6) is 0 Å². The summed E-state index contributed by atoms with van der Waals surface area (Å²) in [7, 11) is 3.51. The van der Waals surface area contributed by atoms with Crippen molar-refractivity contribution < 1.29 is 10.9 Å². The first-order valence-electron chi connectivity index (χ1n) is 17.3. The molecule has 0 aromatic heterocycles. The van der Waals surface area contributed by atoms with Crippen molar-refractivity contribution in [3.05, 3.63) is 160 Å². The third kappa shape index (κ3) is 14.6. The molecule has 4 atom stereocenters. The molecule has 0 bridgehead atoms. The second kappa shape index (κ2) is 23.6. The maximum atomic E-state index is 5.06. The zero-order valence-electron chi connectivity index (χ0n) is 28.2. The number of hydrogen-bond donors (Lipinski definition) is 0. The Bertz CT molecular complexity index is 1300. The molecule has 0 aliphatic heterocycles. The second-order valence-electron chi connectivity index (χ2n) is 12.8. The van der Waals surface area contributed by atoms with Gasteiger partial charge in [0.2, 0.25) is 0 Å². The molecule has 7 heteroatoms. The van der Waals surface area contributed by atoms with Crippen LogP contribution in [0, 0.1) is 0 Å². The predicted molar refractivity (Wildman–Crippen MR) is 208 cm³/mol. The number of hydrogen-bond acceptors (Lipinski definition) is 1. The van der Waals surface area contributed by atoms with E-state index in [-0.39, 0.29) is 0 Å². The van der Waals surface area contributed by atoms with Gasteiger partial charge in [0.1, 0.15) is 0 Å². The number of likely N-dealkylation sites (N-methyl/N-ethyl adjacent to an activating group) is 1. The van der Waals surface area contributed by atoms with Crippen LogP contribution in [0.25, 0.3) is 16.0 Å². The minimum absolute atomic E-state index is 0.401. The van der Waals surface area contributed by atoms with Crippen LogP contribution in [0.15, 0.2) is 121 Å². The molecule has 0 radical (unpaired) electrons. The maximum absolute atomic E-state index is 5.06. The third-order valence-corrected chi connectivity index (χ3v) is 9.28. The maximum Gasteiger partial charge on any atom is -0.0548 e. The average Bonchev–Trinajstić information content (AvgIpc) is 3.15. The van der Waals surface area contributed by atoms with Gasteiger partial charge >= 0.3 is 39.3 Å². The van der Waals surface area contributed by atoms with Crippen molar-refractivity contribution >= 4 is 28.5 Å². The van der Waals surface area contributed by atoms with Crippen LogP contribution >= 0.6 is 28.5 Å². The first-order valence-corrected chi connectivity index (χ1v) is 22.2. The zero-order valence-corrected chi connectivity index (χ0v) is 32.4. The summed E-state index contributed by atoms with van der Waals surface area (Å²) in [6, 6.07) is 44.3. The fourth-order valence-corrected chi connectivity index (χ4v) is 6.74. The van der Waals surface area contributed by atoms with Crippen molar-refractivity contribution in [3.8, 4) is 0 Å². The molecule has 4 aromatic rings. The molecule has 0 spiro atoms. The average molecular weight is 818 g/mol. The van der Waals surface area contributed by atoms with Gasteiger partial charge in [-0.05, 0) is 25.1 Å². The Morgan fingerprint density at radius 3 is 1.21 bits per heavy atom. The van der Waals surface area contributed by atoms with Crippen LogP contribution in [0.4, 0.5) is 0 Å². The third-order valence-electron chi connectivity index (χ3n) is 9.28. The SMILES string of the molecule is CN(Cc1ccccc1)[C@@H]1CCCC[C@H]1[N-]Cc1ccccc1.[Br][Ni][Br].c1ccc(C[N-][C@@H]2CCCC[C@H]2[N-]Cc2ccccc2)cc1. The molecule has 2 fully saturated rings. The van der Waals surface area contributed by atoms with E-state index in [1.807, 2.05) is 0 Å². The van der Waals surface area contributed by atoms with Crippen LogP contribution < -0.4 is 0 Å². The van der Waals surface area contributed by atoms with E-state index in [4.69, 9.17) is 16.0 Å². The van der Waals surface area contributed by atoms with Crippen molar-refractivity contribution in [2.75, 3.05) is 7.05 Å². The predicted octanol–water partition coefficient (Wildman–Crippen LogP) is 12.1.